The van der Waals surface area contributed by atoms with Crippen LogP contribution in [0.15, 0.2) is 30.5 Å². The molecule has 4 atom stereocenters. The first kappa shape index (κ1) is 27.3. The highest BCUT2D eigenvalue weighted by molar-refractivity contribution is 5.94. The Morgan fingerprint density at radius 2 is 1.63 bits per heavy atom. The minimum atomic E-state index is -1.37. The fourth-order valence-electron chi connectivity index (χ4n) is 3.31. The van der Waals surface area contributed by atoms with E-state index in [1.165, 1.54) is 6.92 Å². The molecule has 0 fully saturated rings. The van der Waals surface area contributed by atoms with Gasteiger partial charge in [-0.15, -0.1) is 0 Å². The van der Waals surface area contributed by atoms with Gasteiger partial charge in [0, 0.05) is 29.9 Å². The first-order valence-electron chi connectivity index (χ1n) is 10.8. The summed E-state index contributed by atoms with van der Waals surface area (Å²) in [4.78, 5) is 63.0. The van der Waals surface area contributed by atoms with Crippen molar-refractivity contribution in [2.45, 2.75) is 50.4 Å². The van der Waals surface area contributed by atoms with Crippen molar-refractivity contribution in [3.8, 4) is 0 Å². The van der Waals surface area contributed by atoms with E-state index in [0.717, 1.165) is 10.9 Å². The number of aliphatic hydroxyl groups excluding tert-OH is 1. The first-order chi connectivity index (χ1) is 16.5. The molecule has 1 aromatic carbocycles. The predicted octanol–water partition coefficient (Wildman–Crippen LogP) is -1.55. The van der Waals surface area contributed by atoms with E-state index in [9.17, 15) is 29.1 Å². The number of rotatable bonds is 13. The van der Waals surface area contributed by atoms with Crippen molar-refractivity contribution in [2.24, 2.45) is 5.73 Å². The third-order valence-corrected chi connectivity index (χ3v) is 5.25. The zero-order valence-corrected chi connectivity index (χ0v) is 19.0. The van der Waals surface area contributed by atoms with Crippen LogP contribution in [-0.4, -0.2) is 80.7 Å². The summed E-state index contributed by atoms with van der Waals surface area (Å²) in [6.07, 6.45) is -0.376. The van der Waals surface area contributed by atoms with E-state index in [4.69, 9.17) is 15.9 Å². The smallest absolute Gasteiger partial charge is 0.322 e. The standard InChI is InChI=1S/C22H29N5O8/c1-11(28)19(23)22(35)26-15(6-7-17(29)30)21(34)27-16(20(33)25-10-18(31)32)8-12-9-24-14-5-3-2-4-13(12)14/h2-5,9,11,15-16,19,24,28H,6-8,10,23H2,1H3,(H,25,33)(H,26,35)(H,27,34)(H,29,30)(H,31,32). The van der Waals surface area contributed by atoms with E-state index in [1.54, 1.807) is 12.3 Å². The fraction of sp³-hybridized carbons (Fsp3) is 0.409. The molecule has 0 aliphatic carbocycles. The lowest BCUT2D eigenvalue weighted by Gasteiger charge is -2.24. The minimum Gasteiger partial charge on any atom is -0.481 e. The minimum absolute atomic E-state index is 0.0199. The van der Waals surface area contributed by atoms with Gasteiger partial charge in [-0.25, -0.2) is 0 Å². The summed E-state index contributed by atoms with van der Waals surface area (Å²) in [5, 5.41) is 35.2. The van der Waals surface area contributed by atoms with Crippen LogP contribution in [0.1, 0.15) is 25.3 Å². The quantitative estimate of drug-likeness (QED) is 0.162. The van der Waals surface area contributed by atoms with Crippen molar-refractivity contribution in [1.82, 2.24) is 20.9 Å². The van der Waals surface area contributed by atoms with Crippen LogP contribution in [0, 0.1) is 0 Å². The number of carbonyl (C=O) groups excluding carboxylic acids is 3. The molecule has 0 saturated carbocycles. The number of carboxylic acids is 2. The molecule has 35 heavy (non-hydrogen) atoms. The number of para-hydroxylation sites is 1. The Morgan fingerprint density at radius 3 is 2.26 bits per heavy atom. The number of hydrogen-bond donors (Lipinski definition) is 8. The number of nitrogens with two attached hydrogens (primary N) is 1. The van der Waals surface area contributed by atoms with E-state index in [0.29, 0.717) is 5.56 Å². The second-order valence-corrected chi connectivity index (χ2v) is 8.00. The zero-order chi connectivity index (χ0) is 26.1. The maximum Gasteiger partial charge on any atom is 0.322 e. The van der Waals surface area contributed by atoms with Gasteiger partial charge in [0.25, 0.3) is 0 Å². The normalized spacial score (nSPS) is 14.4. The number of amides is 3. The zero-order valence-electron chi connectivity index (χ0n) is 19.0. The number of H-pyrrole nitrogens is 1. The molecule has 2 aromatic rings. The summed E-state index contributed by atoms with van der Waals surface area (Å²) < 4.78 is 0. The van der Waals surface area contributed by atoms with Crippen LogP contribution in [0.2, 0.25) is 0 Å². The van der Waals surface area contributed by atoms with Crippen molar-refractivity contribution in [3.05, 3.63) is 36.0 Å². The molecule has 0 aliphatic heterocycles. The molecule has 0 radical (unpaired) electrons. The summed E-state index contributed by atoms with van der Waals surface area (Å²) in [5.74, 6) is -5.03. The highest BCUT2D eigenvalue weighted by atomic mass is 16.4. The third kappa shape index (κ3) is 8.08. The summed E-state index contributed by atoms with van der Waals surface area (Å²) >= 11 is 0. The van der Waals surface area contributed by atoms with E-state index in [1.807, 2.05) is 18.2 Å². The molecule has 0 spiro atoms. The van der Waals surface area contributed by atoms with Crippen molar-refractivity contribution < 1.29 is 39.3 Å². The fourth-order valence-corrected chi connectivity index (χ4v) is 3.31. The van der Waals surface area contributed by atoms with Gasteiger partial charge in [0.1, 0.15) is 24.7 Å². The van der Waals surface area contributed by atoms with Gasteiger partial charge in [0.15, 0.2) is 0 Å². The Balaban J connectivity index is 2.26. The van der Waals surface area contributed by atoms with Gasteiger partial charge in [0.2, 0.25) is 17.7 Å². The largest absolute Gasteiger partial charge is 0.481 e. The first-order valence-corrected chi connectivity index (χ1v) is 10.8. The maximum atomic E-state index is 13.0. The molecule has 13 nitrogen and oxygen atoms in total. The van der Waals surface area contributed by atoms with Gasteiger partial charge < -0.3 is 42.0 Å². The van der Waals surface area contributed by atoms with Gasteiger partial charge in [-0.05, 0) is 25.0 Å². The maximum absolute atomic E-state index is 13.0. The molecule has 3 amide bonds. The Labute approximate surface area is 200 Å². The Bertz CT molecular complexity index is 1080. The summed E-state index contributed by atoms with van der Waals surface area (Å²) in [5.41, 5.74) is 7.05. The summed E-state index contributed by atoms with van der Waals surface area (Å²) in [6, 6.07) is 3.26. The van der Waals surface area contributed by atoms with Gasteiger partial charge in [0.05, 0.1) is 6.10 Å². The molecular formula is C22H29N5O8. The highest BCUT2D eigenvalue weighted by Crippen LogP contribution is 2.19. The number of nitrogens with one attached hydrogen (secondary N) is 4. The Morgan fingerprint density at radius 1 is 0.971 bits per heavy atom. The lowest BCUT2D eigenvalue weighted by atomic mass is 10.0. The second-order valence-electron chi connectivity index (χ2n) is 8.00. The molecule has 13 heteroatoms. The van der Waals surface area contributed by atoms with Crippen LogP contribution in [0.25, 0.3) is 10.9 Å². The molecule has 2 rings (SSSR count). The summed E-state index contributed by atoms with van der Waals surface area (Å²) in [7, 11) is 0. The van der Waals surface area contributed by atoms with E-state index in [-0.39, 0.29) is 12.8 Å². The number of aromatic nitrogens is 1. The molecular weight excluding hydrogens is 462 g/mol. The number of carbonyl (C=O) groups is 5. The highest BCUT2D eigenvalue weighted by Gasteiger charge is 2.30. The average molecular weight is 492 g/mol. The molecule has 9 N–H and O–H groups in total. The van der Waals surface area contributed by atoms with E-state index in [2.05, 4.69) is 20.9 Å². The number of aliphatic hydroxyl groups is 1. The number of aromatic amines is 1. The lowest BCUT2D eigenvalue weighted by molar-refractivity contribution is -0.138. The van der Waals surface area contributed by atoms with Crippen LogP contribution in [0.4, 0.5) is 0 Å². The van der Waals surface area contributed by atoms with E-state index < -0.39 is 66.9 Å². The Hall–Kier alpha value is -3.97. The van der Waals surface area contributed by atoms with Gasteiger partial charge in [-0.2, -0.15) is 0 Å². The molecule has 0 aliphatic rings. The third-order valence-electron chi connectivity index (χ3n) is 5.25. The molecule has 1 heterocycles. The summed E-state index contributed by atoms with van der Waals surface area (Å²) in [6.45, 7) is 0.599. The van der Waals surface area contributed by atoms with Crippen LogP contribution in [0.5, 0.6) is 0 Å². The van der Waals surface area contributed by atoms with Crippen LogP contribution in [-0.2, 0) is 30.4 Å². The van der Waals surface area contributed by atoms with Gasteiger partial charge >= 0.3 is 11.9 Å². The molecule has 0 bridgehead atoms. The SMILES string of the molecule is CC(O)C(N)C(=O)NC(CCC(=O)O)C(=O)NC(Cc1c[nH]c2ccccc12)C(=O)NCC(=O)O. The van der Waals surface area contributed by atoms with Crippen LogP contribution >= 0.6 is 0 Å². The number of carboxylic acid groups (broad SMARTS) is 2. The van der Waals surface area contributed by atoms with Gasteiger partial charge in [-0.3, -0.25) is 24.0 Å². The van der Waals surface area contributed by atoms with Crippen molar-refractivity contribution in [1.29, 1.82) is 0 Å². The average Bonchev–Trinajstić information content (AvgIpc) is 3.21. The van der Waals surface area contributed by atoms with Crippen molar-refractivity contribution in [2.75, 3.05) is 6.54 Å². The number of aliphatic carboxylic acids is 2. The number of benzene rings is 1. The molecule has 1 aromatic heterocycles. The monoisotopic (exact) mass is 491 g/mol. The number of hydrogen-bond acceptors (Lipinski definition) is 7. The van der Waals surface area contributed by atoms with Crippen molar-refractivity contribution >= 4 is 40.6 Å². The van der Waals surface area contributed by atoms with E-state index >= 15 is 0 Å². The van der Waals surface area contributed by atoms with Crippen molar-refractivity contribution in [3.63, 3.8) is 0 Å². The second kappa shape index (κ2) is 12.5. The molecule has 0 saturated heterocycles. The van der Waals surface area contributed by atoms with Crippen LogP contribution in [0.3, 0.4) is 0 Å². The van der Waals surface area contributed by atoms with Gasteiger partial charge in [-0.1, -0.05) is 18.2 Å². The van der Waals surface area contributed by atoms with Crippen LogP contribution < -0.4 is 21.7 Å². The Kier molecular flexibility index (Phi) is 9.73. The topological polar surface area (TPSA) is 224 Å². The lowest BCUT2D eigenvalue weighted by Crippen LogP contribution is -2.57. The predicted molar refractivity (Wildman–Crippen MR) is 123 cm³/mol. The number of fused-ring (bicyclic) bond motifs is 1. The molecule has 4 unspecified atom stereocenters. The molecule has 190 valence electrons.